The Balaban J connectivity index is 3.01. The van der Waals surface area contributed by atoms with Gasteiger partial charge in [0.15, 0.2) is 11.4 Å². The third kappa shape index (κ3) is 1.35. The summed E-state index contributed by atoms with van der Waals surface area (Å²) in [4.78, 5) is 11.1. The highest BCUT2D eigenvalue weighted by molar-refractivity contribution is 9.10. The maximum Gasteiger partial charge on any atom is 0.339 e. The lowest BCUT2D eigenvalue weighted by Crippen LogP contribution is -2.02. The van der Waals surface area contributed by atoms with Crippen LogP contribution in [0.2, 0.25) is 0 Å². The Kier molecular flexibility index (Phi) is 2.15. The predicted octanol–water partition coefficient (Wildman–Crippen LogP) is 3.00. The van der Waals surface area contributed by atoms with Gasteiger partial charge in [0.1, 0.15) is 0 Å². The Morgan fingerprint density at radius 2 is 2.14 bits per heavy atom. The van der Waals surface area contributed by atoms with Crippen molar-refractivity contribution in [2.24, 2.45) is 0 Å². The first kappa shape index (κ1) is 9.40. The van der Waals surface area contributed by atoms with Gasteiger partial charge in [0.2, 0.25) is 0 Å². The Hall–Kier alpha value is -1.16. The molecular weight excluding hydrogens is 251 g/mol. The van der Waals surface area contributed by atoms with E-state index < -0.39 is 11.4 Å². The summed E-state index contributed by atoms with van der Waals surface area (Å²) in [5, 5.41) is 0.571. The molecule has 2 aromatic rings. The highest BCUT2D eigenvalue weighted by Gasteiger charge is 2.08. The molecule has 2 rings (SSSR count). The van der Waals surface area contributed by atoms with Gasteiger partial charge in [-0.1, -0.05) is 15.9 Å². The zero-order chi connectivity index (χ0) is 10.3. The van der Waals surface area contributed by atoms with Gasteiger partial charge >= 0.3 is 5.63 Å². The number of benzene rings is 1. The van der Waals surface area contributed by atoms with Crippen molar-refractivity contribution < 1.29 is 8.81 Å². The second kappa shape index (κ2) is 3.20. The molecule has 0 atom stereocenters. The van der Waals surface area contributed by atoms with Crippen molar-refractivity contribution in [3.63, 3.8) is 0 Å². The Labute approximate surface area is 87.5 Å². The van der Waals surface area contributed by atoms with E-state index >= 15 is 0 Å². The number of aryl methyl sites for hydroxylation is 1. The molecule has 0 unspecified atom stereocenters. The maximum absolute atomic E-state index is 13.2. The topological polar surface area (TPSA) is 30.2 Å². The molecule has 0 spiro atoms. The van der Waals surface area contributed by atoms with Crippen LogP contribution in [0.4, 0.5) is 4.39 Å². The molecule has 14 heavy (non-hydrogen) atoms. The number of hydrogen-bond acceptors (Lipinski definition) is 2. The standard InChI is InChI=1S/C10H6BrFO2/c1-5-4-6-7(11)2-3-8(12)9(6)14-10(5)13/h2-4H,1H3. The van der Waals surface area contributed by atoms with Crippen LogP contribution in [0.1, 0.15) is 5.56 Å². The summed E-state index contributed by atoms with van der Waals surface area (Å²) in [6, 6.07) is 4.44. The second-order valence-electron chi connectivity index (χ2n) is 2.99. The van der Waals surface area contributed by atoms with Crippen LogP contribution in [-0.2, 0) is 0 Å². The van der Waals surface area contributed by atoms with E-state index in [0.29, 0.717) is 15.4 Å². The fraction of sp³-hybridized carbons (Fsp3) is 0.100. The summed E-state index contributed by atoms with van der Waals surface area (Å²) in [5.74, 6) is -0.527. The average molecular weight is 257 g/mol. The van der Waals surface area contributed by atoms with E-state index in [1.165, 1.54) is 6.07 Å². The van der Waals surface area contributed by atoms with Gasteiger partial charge in [0.05, 0.1) is 0 Å². The van der Waals surface area contributed by atoms with Crippen LogP contribution in [-0.4, -0.2) is 0 Å². The van der Waals surface area contributed by atoms with Gasteiger partial charge in [-0.3, -0.25) is 0 Å². The highest BCUT2D eigenvalue weighted by atomic mass is 79.9. The van der Waals surface area contributed by atoms with Crippen LogP contribution >= 0.6 is 15.9 Å². The molecule has 0 saturated heterocycles. The molecule has 1 heterocycles. The molecule has 0 aliphatic heterocycles. The van der Waals surface area contributed by atoms with E-state index in [-0.39, 0.29) is 5.58 Å². The smallest absolute Gasteiger partial charge is 0.339 e. The van der Waals surface area contributed by atoms with E-state index in [1.54, 1.807) is 19.1 Å². The zero-order valence-corrected chi connectivity index (χ0v) is 8.89. The molecule has 0 radical (unpaired) electrons. The van der Waals surface area contributed by atoms with Gasteiger partial charge in [0.25, 0.3) is 0 Å². The summed E-state index contributed by atoms with van der Waals surface area (Å²) in [7, 11) is 0. The normalized spacial score (nSPS) is 10.8. The molecule has 4 heteroatoms. The summed E-state index contributed by atoms with van der Waals surface area (Å²) in [6.07, 6.45) is 0. The van der Waals surface area contributed by atoms with Crippen LogP contribution in [0.3, 0.4) is 0 Å². The average Bonchev–Trinajstić information content (AvgIpc) is 2.15. The molecule has 0 aliphatic rings. The van der Waals surface area contributed by atoms with E-state index in [9.17, 15) is 9.18 Å². The van der Waals surface area contributed by atoms with E-state index in [0.717, 1.165) is 0 Å². The monoisotopic (exact) mass is 256 g/mol. The molecule has 2 nitrogen and oxygen atoms in total. The number of hydrogen-bond donors (Lipinski definition) is 0. The van der Waals surface area contributed by atoms with Crippen molar-refractivity contribution in [1.29, 1.82) is 0 Å². The Morgan fingerprint density at radius 1 is 1.43 bits per heavy atom. The van der Waals surface area contributed by atoms with Gasteiger partial charge in [-0.25, -0.2) is 9.18 Å². The van der Waals surface area contributed by atoms with E-state index in [1.807, 2.05) is 0 Å². The molecule has 0 N–H and O–H groups in total. The molecule has 0 fully saturated rings. The van der Waals surface area contributed by atoms with Crippen LogP contribution < -0.4 is 5.63 Å². The van der Waals surface area contributed by atoms with Crippen LogP contribution in [0.25, 0.3) is 11.0 Å². The molecular formula is C10H6BrFO2. The summed E-state index contributed by atoms with van der Waals surface area (Å²) in [5.41, 5.74) is -0.0479. The minimum atomic E-state index is -0.527. The molecule has 0 amide bonds. The first-order chi connectivity index (χ1) is 6.59. The first-order valence-electron chi connectivity index (χ1n) is 3.98. The summed E-state index contributed by atoms with van der Waals surface area (Å²) >= 11 is 3.26. The molecule has 0 saturated carbocycles. The summed E-state index contributed by atoms with van der Waals surface area (Å²) < 4.78 is 18.8. The van der Waals surface area contributed by atoms with Crippen molar-refractivity contribution in [2.75, 3.05) is 0 Å². The van der Waals surface area contributed by atoms with Gasteiger partial charge in [-0.15, -0.1) is 0 Å². The van der Waals surface area contributed by atoms with Gasteiger partial charge in [0, 0.05) is 15.4 Å². The third-order valence-corrected chi connectivity index (χ3v) is 2.66. The fourth-order valence-electron chi connectivity index (χ4n) is 1.24. The molecule has 0 bridgehead atoms. The minimum absolute atomic E-state index is 0.00465. The maximum atomic E-state index is 13.2. The predicted molar refractivity (Wildman–Crippen MR) is 54.9 cm³/mol. The van der Waals surface area contributed by atoms with Crippen LogP contribution in [0, 0.1) is 12.7 Å². The van der Waals surface area contributed by atoms with Crippen molar-refractivity contribution in [3.05, 3.63) is 44.5 Å². The van der Waals surface area contributed by atoms with E-state index in [2.05, 4.69) is 15.9 Å². The quantitative estimate of drug-likeness (QED) is 0.679. The molecule has 1 aromatic carbocycles. The fourth-order valence-corrected chi connectivity index (χ4v) is 1.66. The zero-order valence-electron chi connectivity index (χ0n) is 7.30. The first-order valence-corrected chi connectivity index (χ1v) is 4.77. The van der Waals surface area contributed by atoms with E-state index in [4.69, 9.17) is 4.42 Å². The largest absolute Gasteiger partial charge is 0.419 e. The van der Waals surface area contributed by atoms with Crippen molar-refractivity contribution >= 4 is 26.9 Å². The Morgan fingerprint density at radius 3 is 2.86 bits per heavy atom. The third-order valence-electron chi connectivity index (χ3n) is 1.97. The number of rotatable bonds is 0. The molecule has 72 valence electrons. The lowest BCUT2D eigenvalue weighted by atomic mass is 10.2. The lowest BCUT2D eigenvalue weighted by molar-refractivity contribution is 0.520. The van der Waals surface area contributed by atoms with Crippen molar-refractivity contribution in [2.45, 2.75) is 6.92 Å². The summed E-state index contributed by atoms with van der Waals surface area (Å²) in [6.45, 7) is 1.63. The van der Waals surface area contributed by atoms with Gasteiger partial charge in [-0.05, 0) is 25.1 Å². The SMILES string of the molecule is Cc1cc2c(Br)ccc(F)c2oc1=O. The molecule has 1 aromatic heterocycles. The van der Waals surface area contributed by atoms with Crippen LogP contribution in [0.15, 0.2) is 31.9 Å². The van der Waals surface area contributed by atoms with Gasteiger partial charge < -0.3 is 4.42 Å². The molecule has 0 aliphatic carbocycles. The number of halogens is 2. The minimum Gasteiger partial charge on any atom is -0.419 e. The van der Waals surface area contributed by atoms with Gasteiger partial charge in [-0.2, -0.15) is 0 Å². The van der Waals surface area contributed by atoms with Crippen molar-refractivity contribution in [1.82, 2.24) is 0 Å². The number of fused-ring (bicyclic) bond motifs is 1. The van der Waals surface area contributed by atoms with Crippen molar-refractivity contribution in [3.8, 4) is 0 Å². The highest BCUT2D eigenvalue weighted by Crippen LogP contribution is 2.25. The second-order valence-corrected chi connectivity index (χ2v) is 3.84. The lowest BCUT2D eigenvalue weighted by Gasteiger charge is -2.01. The van der Waals surface area contributed by atoms with Crippen LogP contribution in [0.5, 0.6) is 0 Å². The Bertz CT molecular complexity index is 560.